The Kier molecular flexibility index (Phi) is 5.16. The minimum absolute atomic E-state index is 0.223. The predicted octanol–water partition coefficient (Wildman–Crippen LogP) is 5.59. The van der Waals surface area contributed by atoms with Gasteiger partial charge < -0.3 is 10.1 Å². The average Bonchev–Trinajstić information content (AvgIpc) is 3.19. The quantitative estimate of drug-likeness (QED) is 0.626. The maximum atomic E-state index is 13.9. The van der Waals surface area contributed by atoms with E-state index in [4.69, 9.17) is 4.74 Å². The van der Waals surface area contributed by atoms with Crippen LogP contribution in [0.5, 0.6) is 5.75 Å². The van der Waals surface area contributed by atoms with Crippen molar-refractivity contribution in [2.45, 2.75) is 44.9 Å². The largest absolute Gasteiger partial charge is 0.488 e. The van der Waals surface area contributed by atoms with Gasteiger partial charge in [0.05, 0.1) is 0 Å². The van der Waals surface area contributed by atoms with Crippen LogP contribution in [0.3, 0.4) is 0 Å². The summed E-state index contributed by atoms with van der Waals surface area (Å²) in [5, 5.41) is 6.09. The molecular weight excluding hydrogens is 325 g/mol. The van der Waals surface area contributed by atoms with Crippen LogP contribution in [0.2, 0.25) is 0 Å². The standard InChI is InChI=1S/C23H24FNO/c24-22-12-6-2-8-18(22)16-26-23-14-13-17-7-1-5-11-20(17)21(23)15-25-19-9-3-4-10-19/h1-2,5-8,11-14,19,25H,3-4,9-10,15-16H2. The van der Waals surface area contributed by atoms with Crippen LogP contribution in [0.4, 0.5) is 4.39 Å². The van der Waals surface area contributed by atoms with Crippen LogP contribution in [-0.4, -0.2) is 6.04 Å². The summed E-state index contributed by atoms with van der Waals surface area (Å²) in [6.07, 6.45) is 5.11. The van der Waals surface area contributed by atoms with Gasteiger partial charge in [-0.1, -0.05) is 61.4 Å². The minimum Gasteiger partial charge on any atom is -0.488 e. The van der Waals surface area contributed by atoms with Crippen LogP contribution in [-0.2, 0) is 13.2 Å². The summed E-state index contributed by atoms with van der Waals surface area (Å²) in [6, 6.07) is 19.8. The molecule has 4 rings (SSSR count). The van der Waals surface area contributed by atoms with Crippen molar-refractivity contribution in [2.75, 3.05) is 0 Å². The lowest BCUT2D eigenvalue weighted by Gasteiger charge is -2.18. The van der Waals surface area contributed by atoms with Gasteiger partial charge in [-0.15, -0.1) is 0 Å². The van der Waals surface area contributed by atoms with Crippen molar-refractivity contribution in [1.29, 1.82) is 0 Å². The fraction of sp³-hybridized carbons (Fsp3) is 0.304. The summed E-state index contributed by atoms with van der Waals surface area (Å²) in [5.74, 6) is 0.608. The summed E-state index contributed by atoms with van der Waals surface area (Å²) < 4.78 is 20.0. The Bertz CT molecular complexity index is 886. The highest BCUT2D eigenvalue weighted by molar-refractivity contribution is 5.87. The van der Waals surface area contributed by atoms with E-state index in [2.05, 4.69) is 35.6 Å². The van der Waals surface area contributed by atoms with Gasteiger partial charge in [-0.2, -0.15) is 0 Å². The van der Waals surface area contributed by atoms with Crippen LogP contribution in [0.15, 0.2) is 60.7 Å². The van der Waals surface area contributed by atoms with Gasteiger partial charge in [-0.25, -0.2) is 4.39 Å². The number of benzene rings is 3. The van der Waals surface area contributed by atoms with Crippen molar-refractivity contribution < 1.29 is 9.13 Å². The van der Waals surface area contributed by atoms with Crippen LogP contribution in [0, 0.1) is 5.82 Å². The van der Waals surface area contributed by atoms with Gasteiger partial charge in [0.25, 0.3) is 0 Å². The van der Waals surface area contributed by atoms with Gasteiger partial charge in [0.2, 0.25) is 0 Å². The van der Waals surface area contributed by atoms with Gasteiger partial charge in [0.15, 0.2) is 0 Å². The topological polar surface area (TPSA) is 21.3 Å². The van der Waals surface area contributed by atoms with Crippen molar-refractivity contribution in [2.24, 2.45) is 0 Å². The molecule has 3 heteroatoms. The lowest BCUT2D eigenvalue weighted by Crippen LogP contribution is -2.25. The van der Waals surface area contributed by atoms with Crippen LogP contribution >= 0.6 is 0 Å². The van der Waals surface area contributed by atoms with E-state index in [0.29, 0.717) is 11.6 Å². The first-order chi connectivity index (χ1) is 12.8. The molecule has 3 aromatic carbocycles. The second kappa shape index (κ2) is 7.88. The fourth-order valence-electron chi connectivity index (χ4n) is 3.78. The fourth-order valence-corrected chi connectivity index (χ4v) is 3.78. The molecule has 2 nitrogen and oxygen atoms in total. The van der Waals surface area contributed by atoms with Gasteiger partial charge in [0, 0.05) is 23.7 Å². The van der Waals surface area contributed by atoms with Crippen molar-refractivity contribution in [3.05, 3.63) is 77.6 Å². The summed E-state index contributed by atoms with van der Waals surface area (Å²) >= 11 is 0. The number of fused-ring (bicyclic) bond motifs is 1. The third-order valence-electron chi connectivity index (χ3n) is 5.26. The average molecular weight is 349 g/mol. The smallest absolute Gasteiger partial charge is 0.129 e. The molecule has 26 heavy (non-hydrogen) atoms. The summed E-state index contributed by atoms with van der Waals surface area (Å²) in [4.78, 5) is 0. The predicted molar refractivity (Wildman–Crippen MR) is 104 cm³/mol. The first-order valence-corrected chi connectivity index (χ1v) is 9.41. The number of halogens is 1. The summed E-state index contributed by atoms with van der Waals surface area (Å²) in [7, 11) is 0. The molecule has 1 aliphatic rings. The minimum atomic E-state index is -0.223. The second-order valence-corrected chi connectivity index (χ2v) is 7.01. The summed E-state index contributed by atoms with van der Waals surface area (Å²) in [5.41, 5.74) is 1.74. The first kappa shape index (κ1) is 17.0. The molecule has 3 aromatic rings. The molecule has 0 spiro atoms. The molecule has 0 unspecified atom stereocenters. The zero-order valence-corrected chi connectivity index (χ0v) is 14.9. The van der Waals surface area contributed by atoms with Gasteiger partial charge in [-0.05, 0) is 35.7 Å². The Labute approximate surface area is 154 Å². The van der Waals surface area contributed by atoms with E-state index in [1.165, 1.54) is 42.5 Å². The van der Waals surface area contributed by atoms with Crippen LogP contribution < -0.4 is 10.1 Å². The SMILES string of the molecule is Fc1ccccc1COc1ccc2ccccc2c1CNC1CCCC1. The van der Waals surface area contributed by atoms with Crippen molar-refractivity contribution in [3.8, 4) is 5.75 Å². The van der Waals surface area contributed by atoms with Crippen molar-refractivity contribution in [1.82, 2.24) is 5.32 Å². The molecule has 0 amide bonds. The Morgan fingerprint density at radius 3 is 2.54 bits per heavy atom. The Hall–Kier alpha value is -2.39. The van der Waals surface area contributed by atoms with Gasteiger partial charge in [-0.3, -0.25) is 0 Å². The summed E-state index contributed by atoms with van der Waals surface area (Å²) in [6.45, 7) is 1.01. The number of nitrogens with one attached hydrogen (secondary N) is 1. The molecule has 0 radical (unpaired) electrons. The highest BCUT2D eigenvalue weighted by atomic mass is 19.1. The third-order valence-corrected chi connectivity index (χ3v) is 5.26. The van der Waals surface area contributed by atoms with E-state index in [9.17, 15) is 4.39 Å². The normalized spacial score (nSPS) is 14.8. The lowest BCUT2D eigenvalue weighted by atomic mass is 10.0. The molecule has 0 aromatic heterocycles. The van der Waals surface area contributed by atoms with Gasteiger partial charge in [0.1, 0.15) is 18.2 Å². The Morgan fingerprint density at radius 1 is 0.923 bits per heavy atom. The molecule has 0 heterocycles. The molecule has 0 bridgehead atoms. The van der Waals surface area contributed by atoms with Crippen LogP contribution in [0.1, 0.15) is 36.8 Å². The molecule has 1 fully saturated rings. The molecule has 0 aliphatic heterocycles. The molecule has 1 aliphatic carbocycles. The van der Waals surface area contributed by atoms with E-state index in [1.54, 1.807) is 12.1 Å². The number of hydrogen-bond donors (Lipinski definition) is 1. The molecule has 0 atom stereocenters. The number of hydrogen-bond acceptors (Lipinski definition) is 2. The van der Waals surface area contributed by atoms with E-state index in [-0.39, 0.29) is 12.4 Å². The Morgan fingerprint density at radius 2 is 1.69 bits per heavy atom. The maximum absolute atomic E-state index is 13.9. The van der Waals surface area contributed by atoms with Crippen LogP contribution in [0.25, 0.3) is 10.8 Å². The van der Waals surface area contributed by atoms with E-state index < -0.39 is 0 Å². The zero-order chi connectivity index (χ0) is 17.8. The number of ether oxygens (including phenoxy) is 1. The van der Waals surface area contributed by atoms with E-state index in [0.717, 1.165) is 17.9 Å². The first-order valence-electron chi connectivity index (χ1n) is 9.41. The van der Waals surface area contributed by atoms with E-state index in [1.807, 2.05) is 12.1 Å². The second-order valence-electron chi connectivity index (χ2n) is 7.01. The molecule has 0 saturated heterocycles. The Balaban J connectivity index is 1.59. The molecule has 1 saturated carbocycles. The molecule has 134 valence electrons. The highest BCUT2D eigenvalue weighted by Gasteiger charge is 2.16. The van der Waals surface area contributed by atoms with Crippen molar-refractivity contribution in [3.63, 3.8) is 0 Å². The van der Waals surface area contributed by atoms with E-state index >= 15 is 0 Å². The third kappa shape index (κ3) is 3.73. The highest BCUT2D eigenvalue weighted by Crippen LogP contribution is 2.30. The molecule has 1 N–H and O–H groups in total. The number of rotatable bonds is 6. The monoisotopic (exact) mass is 349 g/mol. The molecular formula is C23H24FNO. The van der Waals surface area contributed by atoms with Crippen molar-refractivity contribution >= 4 is 10.8 Å². The zero-order valence-electron chi connectivity index (χ0n) is 14.9. The van der Waals surface area contributed by atoms with Gasteiger partial charge >= 0.3 is 0 Å². The maximum Gasteiger partial charge on any atom is 0.129 e. The lowest BCUT2D eigenvalue weighted by molar-refractivity contribution is 0.296.